The van der Waals surface area contributed by atoms with Crippen molar-refractivity contribution in [1.82, 2.24) is 19.7 Å². The highest BCUT2D eigenvalue weighted by Gasteiger charge is 2.22. The van der Waals surface area contributed by atoms with Crippen LogP contribution in [0.15, 0.2) is 82.4 Å². The van der Waals surface area contributed by atoms with Crippen molar-refractivity contribution in [3.05, 3.63) is 127 Å². The van der Waals surface area contributed by atoms with Crippen molar-refractivity contribution < 1.29 is 4.79 Å². The van der Waals surface area contributed by atoms with Crippen molar-refractivity contribution in [2.45, 2.75) is 33.4 Å². The van der Waals surface area contributed by atoms with E-state index in [4.69, 9.17) is 11.6 Å². The first kappa shape index (κ1) is 24.2. The highest BCUT2D eigenvalue weighted by molar-refractivity contribution is 6.31. The molecule has 0 fully saturated rings. The minimum atomic E-state index is -0.784. The van der Waals surface area contributed by atoms with E-state index in [9.17, 15) is 14.4 Å². The van der Waals surface area contributed by atoms with Gasteiger partial charge in [0.2, 0.25) is 5.69 Å². The molecule has 4 aromatic rings. The van der Waals surface area contributed by atoms with Crippen LogP contribution in [0.5, 0.6) is 0 Å². The van der Waals surface area contributed by atoms with Crippen molar-refractivity contribution >= 4 is 17.5 Å². The van der Waals surface area contributed by atoms with Crippen LogP contribution in [-0.4, -0.2) is 20.3 Å². The number of hydrogen-bond acceptors (Lipinski definition) is 4. The fraction of sp³-hybridized carbons (Fsp3) is 0.185. The largest absolute Gasteiger partial charge is 0.352 e. The lowest BCUT2D eigenvalue weighted by molar-refractivity contribution is 0.0930. The quantitative estimate of drug-likeness (QED) is 0.440. The van der Waals surface area contributed by atoms with Gasteiger partial charge >= 0.3 is 5.69 Å². The molecule has 0 saturated carbocycles. The van der Waals surface area contributed by atoms with Gasteiger partial charge in [-0.3, -0.25) is 14.2 Å². The Hall–Kier alpha value is -3.97. The van der Waals surface area contributed by atoms with Gasteiger partial charge in [-0.2, -0.15) is 9.78 Å². The fourth-order valence-corrected chi connectivity index (χ4v) is 3.90. The summed E-state index contributed by atoms with van der Waals surface area (Å²) in [7, 11) is 0. The van der Waals surface area contributed by atoms with E-state index in [1.165, 1.54) is 0 Å². The summed E-state index contributed by atoms with van der Waals surface area (Å²) < 4.78 is 2.08. The average molecular weight is 489 g/mol. The number of hydrogen-bond donors (Lipinski definition) is 1. The Kier molecular flexibility index (Phi) is 6.98. The maximum absolute atomic E-state index is 13.4. The first-order valence-corrected chi connectivity index (χ1v) is 11.5. The van der Waals surface area contributed by atoms with Crippen molar-refractivity contribution in [2.24, 2.45) is 0 Å². The number of nitrogens with zero attached hydrogens (tertiary/aromatic N) is 3. The zero-order valence-electron chi connectivity index (χ0n) is 19.7. The Morgan fingerprint density at radius 3 is 2.34 bits per heavy atom. The third-order valence-corrected chi connectivity index (χ3v) is 6.31. The number of amides is 1. The van der Waals surface area contributed by atoms with Crippen LogP contribution in [0, 0.1) is 13.8 Å². The average Bonchev–Trinajstić information content (AvgIpc) is 2.85. The highest BCUT2D eigenvalue weighted by atomic mass is 35.5. The Labute approximate surface area is 207 Å². The summed E-state index contributed by atoms with van der Waals surface area (Å²) in [5.41, 5.74) is 2.08. The normalized spacial score (nSPS) is 11.8. The standard InChI is InChI=1S/C27H25ClN4O3/c1-17-13-14-22(15-18(17)2)32-27(35)31(16-21-11-7-8-12-23(21)28)26(34)24(30-32)25(33)29-19(3)20-9-5-4-6-10-20/h4-15,19H,16H2,1-3H3,(H,29,33)/t19-/m1/s1. The van der Waals surface area contributed by atoms with Gasteiger partial charge in [-0.25, -0.2) is 4.79 Å². The minimum Gasteiger partial charge on any atom is -0.344 e. The summed E-state index contributed by atoms with van der Waals surface area (Å²) in [5, 5.41) is 7.44. The van der Waals surface area contributed by atoms with Gasteiger partial charge in [-0.1, -0.05) is 66.2 Å². The van der Waals surface area contributed by atoms with Crippen LogP contribution in [0.1, 0.15) is 45.7 Å². The Morgan fingerprint density at radius 2 is 1.66 bits per heavy atom. The van der Waals surface area contributed by atoms with Gasteiger partial charge < -0.3 is 5.32 Å². The predicted octanol–water partition coefficient (Wildman–Crippen LogP) is 4.20. The molecule has 178 valence electrons. The van der Waals surface area contributed by atoms with Crippen LogP contribution in [0.4, 0.5) is 0 Å². The summed E-state index contributed by atoms with van der Waals surface area (Å²) in [6.45, 7) is 5.59. The summed E-state index contributed by atoms with van der Waals surface area (Å²) >= 11 is 6.29. The maximum Gasteiger partial charge on any atom is 0.352 e. The summed E-state index contributed by atoms with van der Waals surface area (Å²) in [6, 6.07) is 21.3. The molecule has 1 heterocycles. The zero-order chi connectivity index (χ0) is 25.1. The van der Waals surface area contributed by atoms with Gasteiger partial charge in [0.05, 0.1) is 18.3 Å². The number of aromatic nitrogens is 3. The molecule has 1 amide bonds. The molecule has 8 heteroatoms. The number of carbonyl (C=O) groups is 1. The summed E-state index contributed by atoms with van der Waals surface area (Å²) in [6.07, 6.45) is 0. The van der Waals surface area contributed by atoms with Crippen LogP contribution in [-0.2, 0) is 6.54 Å². The predicted molar refractivity (Wildman–Crippen MR) is 136 cm³/mol. The number of benzene rings is 3. The number of aryl methyl sites for hydroxylation is 2. The molecule has 35 heavy (non-hydrogen) atoms. The first-order valence-electron chi connectivity index (χ1n) is 11.2. The third-order valence-electron chi connectivity index (χ3n) is 5.94. The Bertz CT molecular complexity index is 1510. The topological polar surface area (TPSA) is 86.0 Å². The van der Waals surface area contributed by atoms with Gasteiger partial charge in [0.1, 0.15) is 0 Å². The second-order valence-electron chi connectivity index (χ2n) is 8.40. The van der Waals surface area contributed by atoms with E-state index in [2.05, 4.69) is 10.4 Å². The monoisotopic (exact) mass is 488 g/mol. The fourth-order valence-electron chi connectivity index (χ4n) is 3.71. The van der Waals surface area contributed by atoms with E-state index < -0.39 is 17.2 Å². The van der Waals surface area contributed by atoms with Gasteiger partial charge in [-0.15, -0.1) is 0 Å². The van der Waals surface area contributed by atoms with E-state index in [1.54, 1.807) is 36.4 Å². The summed E-state index contributed by atoms with van der Waals surface area (Å²) in [4.78, 5) is 40.0. The van der Waals surface area contributed by atoms with E-state index in [0.717, 1.165) is 25.9 Å². The van der Waals surface area contributed by atoms with Crippen LogP contribution in [0.2, 0.25) is 5.02 Å². The molecule has 0 saturated heterocycles. The minimum absolute atomic E-state index is 0.0980. The first-order chi connectivity index (χ1) is 16.8. The molecule has 7 nitrogen and oxygen atoms in total. The molecule has 4 rings (SSSR count). The lowest BCUT2D eigenvalue weighted by Gasteiger charge is -2.16. The molecular formula is C27H25ClN4O3. The molecule has 0 radical (unpaired) electrons. The van der Waals surface area contributed by atoms with Gasteiger partial charge in [0, 0.05) is 5.02 Å². The molecule has 0 aliphatic carbocycles. The van der Waals surface area contributed by atoms with E-state index in [0.29, 0.717) is 16.3 Å². The van der Waals surface area contributed by atoms with Gasteiger partial charge in [0.15, 0.2) is 0 Å². The molecule has 1 aromatic heterocycles. The van der Waals surface area contributed by atoms with E-state index in [-0.39, 0.29) is 18.3 Å². The molecule has 0 bridgehead atoms. The number of carbonyl (C=O) groups excluding carboxylic acids is 1. The molecule has 0 spiro atoms. The van der Waals surface area contributed by atoms with Crippen molar-refractivity contribution in [3.63, 3.8) is 0 Å². The Morgan fingerprint density at radius 1 is 0.971 bits per heavy atom. The molecule has 0 aliphatic rings. The van der Waals surface area contributed by atoms with Crippen LogP contribution < -0.4 is 16.6 Å². The molecular weight excluding hydrogens is 464 g/mol. The third kappa shape index (κ3) is 5.10. The second kappa shape index (κ2) is 10.1. The second-order valence-corrected chi connectivity index (χ2v) is 8.81. The van der Waals surface area contributed by atoms with Crippen molar-refractivity contribution in [3.8, 4) is 5.69 Å². The van der Waals surface area contributed by atoms with E-state index in [1.807, 2.05) is 57.2 Å². The van der Waals surface area contributed by atoms with Crippen LogP contribution >= 0.6 is 11.6 Å². The molecule has 1 atom stereocenters. The lowest BCUT2D eigenvalue weighted by atomic mass is 10.1. The molecule has 0 aliphatic heterocycles. The number of rotatable bonds is 6. The SMILES string of the molecule is Cc1ccc(-n2nc(C(=O)N[C@H](C)c3ccccc3)c(=O)n(Cc3ccccc3Cl)c2=O)cc1C. The van der Waals surface area contributed by atoms with Crippen LogP contribution in [0.3, 0.4) is 0 Å². The van der Waals surface area contributed by atoms with E-state index >= 15 is 0 Å². The number of nitrogens with one attached hydrogen (secondary N) is 1. The summed E-state index contributed by atoms with van der Waals surface area (Å²) in [5.74, 6) is -0.670. The molecule has 3 aromatic carbocycles. The Balaban J connectivity index is 1.84. The zero-order valence-corrected chi connectivity index (χ0v) is 20.4. The highest BCUT2D eigenvalue weighted by Crippen LogP contribution is 2.16. The van der Waals surface area contributed by atoms with Crippen molar-refractivity contribution in [1.29, 1.82) is 0 Å². The smallest absolute Gasteiger partial charge is 0.344 e. The van der Waals surface area contributed by atoms with Crippen molar-refractivity contribution in [2.75, 3.05) is 0 Å². The molecule has 1 N–H and O–H groups in total. The maximum atomic E-state index is 13.4. The number of halogens is 1. The molecule has 0 unspecified atom stereocenters. The van der Waals surface area contributed by atoms with Crippen LogP contribution in [0.25, 0.3) is 5.69 Å². The lowest BCUT2D eigenvalue weighted by Crippen LogP contribution is -2.46. The van der Waals surface area contributed by atoms with Gasteiger partial charge in [0.25, 0.3) is 11.5 Å². The van der Waals surface area contributed by atoms with Gasteiger partial charge in [-0.05, 0) is 61.2 Å².